The Morgan fingerprint density at radius 2 is 1.45 bits per heavy atom. The summed E-state index contributed by atoms with van der Waals surface area (Å²) in [5.74, 6) is 1.21. The van der Waals surface area contributed by atoms with Gasteiger partial charge in [0.15, 0.2) is 0 Å². The summed E-state index contributed by atoms with van der Waals surface area (Å²) in [6, 6.07) is 14.9. The molecule has 1 N–H and O–H groups in total. The van der Waals surface area contributed by atoms with Crippen LogP contribution in [0, 0.1) is 0 Å². The predicted octanol–water partition coefficient (Wildman–Crippen LogP) is 4.41. The molecule has 0 aliphatic heterocycles. The molecule has 0 bridgehead atoms. The van der Waals surface area contributed by atoms with Crippen molar-refractivity contribution in [1.29, 1.82) is 0 Å². The molecule has 112 valence electrons. The zero-order chi connectivity index (χ0) is 15.7. The van der Waals surface area contributed by atoms with Gasteiger partial charge in [-0.05, 0) is 47.4 Å². The maximum atomic E-state index is 9.31. The monoisotopic (exact) mass is 294 g/mol. The number of phenols is 1. The van der Waals surface area contributed by atoms with Crippen molar-refractivity contribution in [3.8, 4) is 28.6 Å². The molecule has 4 heteroatoms. The highest BCUT2D eigenvalue weighted by molar-refractivity contribution is 5.60. The minimum Gasteiger partial charge on any atom is -0.508 e. The van der Waals surface area contributed by atoms with E-state index in [1.165, 1.54) is 5.56 Å². The van der Waals surface area contributed by atoms with Crippen LogP contribution in [0.4, 0.5) is 0 Å². The summed E-state index contributed by atoms with van der Waals surface area (Å²) in [6.07, 6.45) is 0. The first kappa shape index (κ1) is 14.3. The lowest BCUT2D eigenvalue weighted by Gasteiger charge is -2.18. The van der Waals surface area contributed by atoms with Gasteiger partial charge in [-0.15, -0.1) is 0 Å². The van der Waals surface area contributed by atoms with Crippen molar-refractivity contribution in [1.82, 2.24) is 10.1 Å². The van der Waals surface area contributed by atoms with Gasteiger partial charge in [-0.25, -0.2) is 0 Å². The minimum absolute atomic E-state index is 0.116. The summed E-state index contributed by atoms with van der Waals surface area (Å²) in [4.78, 5) is 4.41. The normalized spacial score (nSPS) is 11.6. The molecule has 1 heterocycles. The SMILES string of the molecule is CC(C)(C)c1ccc(-c2nc(-c3ccc(O)cc3)no2)cc1. The summed E-state index contributed by atoms with van der Waals surface area (Å²) in [5.41, 5.74) is 3.07. The van der Waals surface area contributed by atoms with Crippen molar-refractivity contribution in [3.63, 3.8) is 0 Å². The molecule has 4 nitrogen and oxygen atoms in total. The molecule has 22 heavy (non-hydrogen) atoms. The molecule has 0 unspecified atom stereocenters. The van der Waals surface area contributed by atoms with Crippen molar-refractivity contribution >= 4 is 0 Å². The van der Waals surface area contributed by atoms with Gasteiger partial charge >= 0.3 is 0 Å². The van der Waals surface area contributed by atoms with E-state index in [9.17, 15) is 5.11 Å². The van der Waals surface area contributed by atoms with Gasteiger partial charge in [0.2, 0.25) is 5.82 Å². The second-order valence-electron chi connectivity index (χ2n) is 6.30. The minimum atomic E-state index is 0.116. The molecule has 0 fully saturated rings. The Hall–Kier alpha value is -2.62. The Kier molecular flexibility index (Phi) is 3.45. The number of aromatic hydroxyl groups is 1. The summed E-state index contributed by atoms with van der Waals surface area (Å²) in [5, 5.41) is 13.3. The van der Waals surface area contributed by atoms with E-state index < -0.39 is 0 Å². The molecule has 0 aliphatic rings. The van der Waals surface area contributed by atoms with Crippen LogP contribution in [0.1, 0.15) is 26.3 Å². The number of benzene rings is 2. The van der Waals surface area contributed by atoms with E-state index in [-0.39, 0.29) is 11.2 Å². The van der Waals surface area contributed by atoms with Crippen molar-refractivity contribution < 1.29 is 9.63 Å². The largest absolute Gasteiger partial charge is 0.508 e. The lowest BCUT2D eigenvalue weighted by molar-refractivity contribution is 0.432. The van der Waals surface area contributed by atoms with Gasteiger partial charge in [0.05, 0.1) is 0 Å². The summed E-state index contributed by atoms with van der Waals surface area (Å²) < 4.78 is 5.34. The van der Waals surface area contributed by atoms with E-state index in [2.05, 4.69) is 43.0 Å². The molecule has 0 amide bonds. The van der Waals surface area contributed by atoms with Crippen molar-refractivity contribution in [3.05, 3.63) is 54.1 Å². The number of rotatable bonds is 2. The van der Waals surface area contributed by atoms with Crippen LogP contribution in [-0.2, 0) is 5.41 Å². The lowest BCUT2D eigenvalue weighted by atomic mass is 9.87. The van der Waals surface area contributed by atoms with Gasteiger partial charge in [0, 0.05) is 11.1 Å². The van der Waals surface area contributed by atoms with E-state index in [1.807, 2.05) is 12.1 Å². The molecule has 0 saturated carbocycles. The van der Waals surface area contributed by atoms with Gasteiger partial charge in [-0.1, -0.05) is 38.1 Å². The first-order valence-electron chi connectivity index (χ1n) is 7.17. The van der Waals surface area contributed by atoms with E-state index in [4.69, 9.17) is 4.52 Å². The number of aromatic nitrogens is 2. The van der Waals surface area contributed by atoms with Crippen LogP contribution >= 0.6 is 0 Å². The summed E-state index contributed by atoms with van der Waals surface area (Å²) >= 11 is 0. The zero-order valence-corrected chi connectivity index (χ0v) is 12.9. The molecule has 3 rings (SSSR count). The zero-order valence-electron chi connectivity index (χ0n) is 12.9. The number of hydrogen-bond acceptors (Lipinski definition) is 4. The topological polar surface area (TPSA) is 59.2 Å². The molecular formula is C18H18N2O2. The van der Waals surface area contributed by atoms with Gasteiger partial charge in [-0.3, -0.25) is 0 Å². The van der Waals surface area contributed by atoms with Crippen LogP contribution in [0.15, 0.2) is 53.1 Å². The Labute approximate surface area is 129 Å². The first-order chi connectivity index (χ1) is 10.4. The average Bonchev–Trinajstić information content (AvgIpc) is 2.97. The van der Waals surface area contributed by atoms with Crippen molar-refractivity contribution in [2.75, 3.05) is 0 Å². The lowest BCUT2D eigenvalue weighted by Crippen LogP contribution is -2.10. The van der Waals surface area contributed by atoms with Crippen LogP contribution in [0.2, 0.25) is 0 Å². The molecule has 0 spiro atoms. The fraction of sp³-hybridized carbons (Fsp3) is 0.222. The smallest absolute Gasteiger partial charge is 0.258 e. The molecule has 0 aliphatic carbocycles. The second kappa shape index (κ2) is 5.30. The van der Waals surface area contributed by atoms with Crippen LogP contribution in [-0.4, -0.2) is 15.2 Å². The van der Waals surface area contributed by atoms with Gasteiger partial charge in [0.1, 0.15) is 5.75 Å². The molecular weight excluding hydrogens is 276 g/mol. The maximum absolute atomic E-state index is 9.31. The molecule has 0 atom stereocenters. The van der Waals surface area contributed by atoms with E-state index in [0.717, 1.165) is 11.1 Å². The number of nitrogens with zero attached hydrogens (tertiary/aromatic N) is 2. The van der Waals surface area contributed by atoms with Crippen LogP contribution < -0.4 is 0 Å². The van der Waals surface area contributed by atoms with Crippen LogP contribution in [0.25, 0.3) is 22.8 Å². The highest BCUT2D eigenvalue weighted by Gasteiger charge is 2.15. The molecule has 3 aromatic rings. The Bertz CT molecular complexity index is 766. The van der Waals surface area contributed by atoms with Crippen molar-refractivity contribution in [2.24, 2.45) is 0 Å². The highest BCUT2D eigenvalue weighted by atomic mass is 16.5. The molecule has 1 aromatic heterocycles. The van der Waals surface area contributed by atoms with Crippen LogP contribution in [0.5, 0.6) is 5.75 Å². The number of hydrogen-bond donors (Lipinski definition) is 1. The second-order valence-corrected chi connectivity index (χ2v) is 6.30. The van der Waals surface area contributed by atoms with Crippen LogP contribution in [0.3, 0.4) is 0 Å². The van der Waals surface area contributed by atoms with Gasteiger partial charge < -0.3 is 9.63 Å². The number of phenolic OH excluding ortho intramolecular Hbond substituents is 1. The predicted molar refractivity (Wildman–Crippen MR) is 85.5 cm³/mol. The molecule has 0 saturated heterocycles. The van der Waals surface area contributed by atoms with Gasteiger partial charge in [-0.2, -0.15) is 4.98 Å². The highest BCUT2D eigenvalue weighted by Crippen LogP contribution is 2.27. The Balaban J connectivity index is 1.89. The Morgan fingerprint density at radius 3 is 2.05 bits per heavy atom. The maximum Gasteiger partial charge on any atom is 0.258 e. The third-order valence-corrected chi connectivity index (χ3v) is 3.55. The average molecular weight is 294 g/mol. The first-order valence-corrected chi connectivity index (χ1v) is 7.17. The summed E-state index contributed by atoms with van der Waals surface area (Å²) in [7, 11) is 0. The molecule has 2 aromatic carbocycles. The third-order valence-electron chi connectivity index (χ3n) is 3.55. The van der Waals surface area contributed by atoms with Crippen molar-refractivity contribution in [2.45, 2.75) is 26.2 Å². The summed E-state index contributed by atoms with van der Waals surface area (Å²) in [6.45, 7) is 6.53. The standard InChI is InChI=1S/C18H18N2O2/c1-18(2,3)14-8-4-13(5-9-14)17-19-16(20-22-17)12-6-10-15(21)11-7-12/h4-11,21H,1-3H3. The Morgan fingerprint density at radius 1 is 0.864 bits per heavy atom. The van der Waals surface area contributed by atoms with E-state index >= 15 is 0 Å². The fourth-order valence-corrected chi connectivity index (χ4v) is 2.18. The van der Waals surface area contributed by atoms with E-state index in [0.29, 0.717) is 11.7 Å². The fourth-order valence-electron chi connectivity index (χ4n) is 2.18. The quantitative estimate of drug-likeness (QED) is 0.760. The van der Waals surface area contributed by atoms with E-state index in [1.54, 1.807) is 24.3 Å². The molecule has 0 radical (unpaired) electrons. The third kappa shape index (κ3) is 2.86. The van der Waals surface area contributed by atoms with Gasteiger partial charge in [0.25, 0.3) is 5.89 Å².